The normalized spacial score (nSPS) is 23.1. The standard InChI is InChI=1S/C17H30N4OS/c1-14(21-8-10-22-11-9-21)15-4-6-20(7-5-15)13-16-12-18-17(23-16)19(2)3/h12,14-15H,4-11,13H2,1-3H3. The molecule has 2 fully saturated rings. The lowest BCUT2D eigenvalue weighted by molar-refractivity contribution is -0.00187. The quantitative estimate of drug-likeness (QED) is 0.821. The Labute approximate surface area is 144 Å². The van der Waals surface area contributed by atoms with E-state index in [9.17, 15) is 0 Å². The zero-order chi connectivity index (χ0) is 16.2. The number of hydrogen-bond acceptors (Lipinski definition) is 6. The molecule has 2 aliphatic heterocycles. The summed E-state index contributed by atoms with van der Waals surface area (Å²) in [5.74, 6) is 0.836. The van der Waals surface area contributed by atoms with Crippen molar-refractivity contribution in [2.24, 2.45) is 5.92 Å². The molecule has 2 saturated heterocycles. The lowest BCUT2D eigenvalue weighted by atomic mass is 9.89. The monoisotopic (exact) mass is 338 g/mol. The van der Waals surface area contributed by atoms with Crippen LogP contribution in [0.2, 0.25) is 0 Å². The summed E-state index contributed by atoms with van der Waals surface area (Å²) in [6, 6.07) is 0.699. The topological polar surface area (TPSA) is 31.8 Å². The fourth-order valence-electron chi connectivity index (χ4n) is 3.67. The average molecular weight is 339 g/mol. The van der Waals surface area contributed by atoms with Crippen LogP contribution in [-0.4, -0.2) is 74.3 Å². The molecular formula is C17H30N4OS. The molecule has 2 aliphatic rings. The van der Waals surface area contributed by atoms with Gasteiger partial charge < -0.3 is 9.64 Å². The molecule has 23 heavy (non-hydrogen) atoms. The Morgan fingerprint density at radius 3 is 2.57 bits per heavy atom. The van der Waals surface area contributed by atoms with E-state index < -0.39 is 0 Å². The summed E-state index contributed by atoms with van der Waals surface area (Å²) in [7, 11) is 4.11. The number of rotatable bonds is 5. The number of ether oxygens (including phenoxy) is 1. The zero-order valence-corrected chi connectivity index (χ0v) is 15.5. The Kier molecular flexibility index (Phi) is 5.91. The Bertz CT molecular complexity index is 479. The first-order valence-electron chi connectivity index (χ1n) is 8.79. The summed E-state index contributed by atoms with van der Waals surface area (Å²) in [5, 5.41) is 1.11. The van der Waals surface area contributed by atoms with Crippen LogP contribution < -0.4 is 4.90 Å². The van der Waals surface area contributed by atoms with Crippen LogP contribution in [0, 0.1) is 5.92 Å². The molecule has 0 radical (unpaired) electrons. The molecule has 5 nitrogen and oxygen atoms in total. The number of thiazole rings is 1. The smallest absolute Gasteiger partial charge is 0.185 e. The van der Waals surface area contributed by atoms with Gasteiger partial charge in [0.15, 0.2) is 5.13 Å². The van der Waals surface area contributed by atoms with Crippen molar-refractivity contribution in [2.75, 3.05) is 58.4 Å². The van der Waals surface area contributed by atoms with Gasteiger partial charge in [-0.3, -0.25) is 9.80 Å². The van der Waals surface area contributed by atoms with Crippen molar-refractivity contribution in [3.05, 3.63) is 11.1 Å². The van der Waals surface area contributed by atoms with Crippen LogP contribution in [0.4, 0.5) is 5.13 Å². The van der Waals surface area contributed by atoms with Crippen LogP contribution in [0.25, 0.3) is 0 Å². The Morgan fingerprint density at radius 2 is 1.96 bits per heavy atom. The zero-order valence-electron chi connectivity index (χ0n) is 14.7. The van der Waals surface area contributed by atoms with Crippen molar-refractivity contribution < 1.29 is 4.74 Å². The lowest BCUT2D eigenvalue weighted by Crippen LogP contribution is -2.48. The second-order valence-corrected chi connectivity index (χ2v) is 8.10. The van der Waals surface area contributed by atoms with Crippen LogP contribution >= 0.6 is 11.3 Å². The molecule has 6 heteroatoms. The summed E-state index contributed by atoms with van der Waals surface area (Å²) in [6.07, 6.45) is 4.68. The van der Waals surface area contributed by atoms with E-state index >= 15 is 0 Å². The fraction of sp³-hybridized carbons (Fsp3) is 0.824. The van der Waals surface area contributed by atoms with Crippen LogP contribution in [-0.2, 0) is 11.3 Å². The summed E-state index contributed by atoms with van der Waals surface area (Å²) in [4.78, 5) is 13.2. The SMILES string of the molecule is CC(C1CCN(Cc2cnc(N(C)C)s2)CC1)N1CCOCC1. The van der Waals surface area contributed by atoms with E-state index in [2.05, 4.69) is 40.7 Å². The molecule has 1 aromatic rings. The minimum atomic E-state index is 0.699. The summed E-state index contributed by atoms with van der Waals surface area (Å²) >= 11 is 1.82. The largest absolute Gasteiger partial charge is 0.379 e. The predicted octanol–water partition coefficient (Wildman–Crippen LogP) is 2.14. The van der Waals surface area contributed by atoms with Crippen molar-refractivity contribution >= 4 is 16.5 Å². The molecule has 3 heterocycles. The second-order valence-electron chi connectivity index (χ2n) is 7.01. The van der Waals surface area contributed by atoms with Gasteiger partial charge in [0.05, 0.1) is 13.2 Å². The van der Waals surface area contributed by atoms with Crippen LogP contribution in [0.5, 0.6) is 0 Å². The maximum absolute atomic E-state index is 5.48. The van der Waals surface area contributed by atoms with Gasteiger partial charge in [-0.2, -0.15) is 0 Å². The molecule has 0 amide bonds. The first-order valence-corrected chi connectivity index (χ1v) is 9.61. The number of aromatic nitrogens is 1. The number of piperidine rings is 1. The van der Waals surface area contributed by atoms with Gasteiger partial charge in [-0.15, -0.1) is 11.3 Å². The third kappa shape index (κ3) is 4.44. The van der Waals surface area contributed by atoms with Crippen molar-refractivity contribution in [1.82, 2.24) is 14.8 Å². The number of likely N-dealkylation sites (tertiary alicyclic amines) is 1. The highest BCUT2D eigenvalue weighted by atomic mass is 32.1. The van der Waals surface area contributed by atoms with E-state index in [0.29, 0.717) is 6.04 Å². The molecule has 0 spiro atoms. The molecule has 1 unspecified atom stereocenters. The van der Waals surface area contributed by atoms with E-state index in [1.807, 2.05) is 17.5 Å². The molecule has 1 atom stereocenters. The highest BCUT2D eigenvalue weighted by Gasteiger charge is 2.28. The molecular weight excluding hydrogens is 308 g/mol. The van der Waals surface area contributed by atoms with Gasteiger partial charge in [-0.1, -0.05) is 0 Å². The molecule has 3 rings (SSSR count). The summed E-state index contributed by atoms with van der Waals surface area (Å²) in [5.41, 5.74) is 0. The van der Waals surface area contributed by atoms with Crippen LogP contribution in [0.15, 0.2) is 6.20 Å². The first-order chi connectivity index (χ1) is 11.1. The third-order valence-corrected chi connectivity index (χ3v) is 6.39. The molecule has 0 saturated carbocycles. The molecule has 1 aromatic heterocycles. The molecule has 0 N–H and O–H groups in total. The van der Waals surface area contributed by atoms with E-state index in [1.165, 1.54) is 30.8 Å². The second kappa shape index (κ2) is 7.92. The van der Waals surface area contributed by atoms with Gasteiger partial charge >= 0.3 is 0 Å². The van der Waals surface area contributed by atoms with Crippen molar-refractivity contribution in [3.63, 3.8) is 0 Å². The van der Waals surface area contributed by atoms with Crippen molar-refractivity contribution in [1.29, 1.82) is 0 Å². The van der Waals surface area contributed by atoms with Gasteiger partial charge in [0.25, 0.3) is 0 Å². The Morgan fingerprint density at radius 1 is 1.26 bits per heavy atom. The fourth-order valence-corrected chi connectivity index (χ4v) is 4.55. The number of nitrogens with zero attached hydrogens (tertiary/aromatic N) is 4. The van der Waals surface area contributed by atoms with Crippen LogP contribution in [0.1, 0.15) is 24.6 Å². The minimum Gasteiger partial charge on any atom is -0.379 e. The van der Waals surface area contributed by atoms with Gasteiger partial charge in [0, 0.05) is 50.8 Å². The lowest BCUT2D eigenvalue weighted by Gasteiger charge is -2.40. The number of anilines is 1. The van der Waals surface area contributed by atoms with E-state index in [1.54, 1.807) is 0 Å². The average Bonchev–Trinajstić information content (AvgIpc) is 3.04. The molecule has 0 bridgehead atoms. The first kappa shape index (κ1) is 17.1. The maximum Gasteiger partial charge on any atom is 0.185 e. The highest BCUT2D eigenvalue weighted by Crippen LogP contribution is 2.27. The van der Waals surface area contributed by atoms with Gasteiger partial charge in [-0.05, 0) is 38.8 Å². The molecule has 0 aromatic carbocycles. The van der Waals surface area contributed by atoms with Crippen LogP contribution in [0.3, 0.4) is 0 Å². The maximum atomic E-state index is 5.48. The predicted molar refractivity (Wildman–Crippen MR) is 96.3 cm³/mol. The van der Waals surface area contributed by atoms with Gasteiger partial charge in [0.1, 0.15) is 0 Å². The van der Waals surface area contributed by atoms with Crippen molar-refractivity contribution in [2.45, 2.75) is 32.4 Å². The Balaban J connectivity index is 1.46. The van der Waals surface area contributed by atoms with Gasteiger partial charge in [-0.25, -0.2) is 4.98 Å². The number of morpholine rings is 1. The van der Waals surface area contributed by atoms with Crippen molar-refractivity contribution in [3.8, 4) is 0 Å². The van der Waals surface area contributed by atoms with E-state index in [-0.39, 0.29) is 0 Å². The summed E-state index contributed by atoms with van der Waals surface area (Å²) in [6.45, 7) is 9.93. The third-order valence-electron chi connectivity index (χ3n) is 5.24. The number of hydrogen-bond donors (Lipinski definition) is 0. The van der Waals surface area contributed by atoms with E-state index in [4.69, 9.17) is 4.74 Å². The highest BCUT2D eigenvalue weighted by molar-refractivity contribution is 7.15. The van der Waals surface area contributed by atoms with E-state index in [0.717, 1.165) is 43.9 Å². The summed E-state index contributed by atoms with van der Waals surface area (Å²) < 4.78 is 5.48. The molecule has 130 valence electrons. The van der Waals surface area contributed by atoms with Gasteiger partial charge in [0.2, 0.25) is 0 Å². The Hall–Kier alpha value is -0.690. The minimum absolute atomic E-state index is 0.699. The molecule has 0 aliphatic carbocycles.